The van der Waals surface area contributed by atoms with Crippen LogP contribution in [0.3, 0.4) is 0 Å². The number of nitrogens with zero attached hydrogens (tertiary/aromatic N) is 3. The first-order valence-corrected chi connectivity index (χ1v) is 8.09. The van der Waals surface area contributed by atoms with E-state index >= 15 is 0 Å². The van der Waals surface area contributed by atoms with E-state index in [1.54, 1.807) is 23.1 Å². The molecule has 7 heteroatoms. The Morgan fingerprint density at radius 2 is 2.00 bits per heavy atom. The fourth-order valence-electron chi connectivity index (χ4n) is 2.17. The van der Waals surface area contributed by atoms with Gasteiger partial charge in [-0.1, -0.05) is 12.1 Å². The zero-order chi connectivity index (χ0) is 17.2. The summed E-state index contributed by atoms with van der Waals surface area (Å²) in [4.78, 5) is 16.5. The van der Waals surface area contributed by atoms with Gasteiger partial charge in [-0.3, -0.25) is 9.48 Å². The molecule has 0 aliphatic heterocycles. The minimum Gasteiger partial charge on any atom is -0.357 e. The number of carbonyl (C=O) groups is 1. The molecule has 0 unspecified atom stereocenters. The van der Waals surface area contributed by atoms with Gasteiger partial charge in [0.15, 0.2) is 5.96 Å². The van der Waals surface area contributed by atoms with Gasteiger partial charge < -0.3 is 16.0 Å². The summed E-state index contributed by atoms with van der Waals surface area (Å²) >= 11 is 0. The number of aliphatic imine (C=N–C) groups is 1. The summed E-state index contributed by atoms with van der Waals surface area (Å²) in [6.45, 7) is 6.43. The van der Waals surface area contributed by atoms with Crippen LogP contribution >= 0.6 is 0 Å². The Morgan fingerprint density at radius 1 is 1.21 bits per heavy atom. The van der Waals surface area contributed by atoms with Gasteiger partial charge in [-0.2, -0.15) is 5.10 Å². The second-order valence-corrected chi connectivity index (χ2v) is 5.18. The third-order valence-corrected chi connectivity index (χ3v) is 3.18. The van der Waals surface area contributed by atoms with E-state index in [9.17, 15) is 4.79 Å². The van der Waals surface area contributed by atoms with Gasteiger partial charge >= 0.3 is 0 Å². The lowest BCUT2D eigenvalue weighted by Crippen LogP contribution is -2.36. The van der Waals surface area contributed by atoms with Gasteiger partial charge in [0.25, 0.3) is 0 Å². The second kappa shape index (κ2) is 9.34. The minimum atomic E-state index is -0.111. The fraction of sp³-hybridized carbons (Fsp3) is 0.353. The standard InChI is InChI=1S/C17H24N6O/c1-3-18-17(19-4-2)20-12-14-7-5-8-15(11-14)22-16(24)13-23-10-6-9-21-23/h5-11H,3-4,12-13H2,1-2H3,(H,22,24)(H2,18,19,20). The predicted molar refractivity (Wildman–Crippen MR) is 95.8 cm³/mol. The Bertz CT molecular complexity index is 657. The molecule has 0 aliphatic carbocycles. The number of nitrogens with one attached hydrogen (secondary N) is 3. The lowest BCUT2D eigenvalue weighted by Gasteiger charge is -2.10. The van der Waals surface area contributed by atoms with E-state index < -0.39 is 0 Å². The molecule has 24 heavy (non-hydrogen) atoms. The molecule has 0 bridgehead atoms. The Labute approximate surface area is 142 Å². The second-order valence-electron chi connectivity index (χ2n) is 5.18. The highest BCUT2D eigenvalue weighted by molar-refractivity contribution is 5.90. The maximum atomic E-state index is 12.0. The monoisotopic (exact) mass is 328 g/mol. The van der Waals surface area contributed by atoms with Crippen LogP contribution in [0.1, 0.15) is 19.4 Å². The summed E-state index contributed by atoms with van der Waals surface area (Å²) in [5.41, 5.74) is 1.79. The van der Waals surface area contributed by atoms with Crippen LogP contribution in [-0.4, -0.2) is 34.7 Å². The van der Waals surface area contributed by atoms with Crippen LogP contribution in [0, 0.1) is 0 Å². The van der Waals surface area contributed by atoms with E-state index in [1.165, 1.54) is 0 Å². The number of benzene rings is 1. The van der Waals surface area contributed by atoms with Crippen LogP contribution in [0.15, 0.2) is 47.7 Å². The lowest BCUT2D eigenvalue weighted by molar-refractivity contribution is -0.116. The summed E-state index contributed by atoms with van der Waals surface area (Å²) in [6, 6.07) is 9.48. The lowest BCUT2D eigenvalue weighted by atomic mass is 10.2. The van der Waals surface area contributed by atoms with Crippen LogP contribution in [-0.2, 0) is 17.9 Å². The topological polar surface area (TPSA) is 83.3 Å². The first-order valence-electron chi connectivity index (χ1n) is 8.09. The van der Waals surface area contributed by atoms with Crippen molar-refractivity contribution in [2.45, 2.75) is 26.9 Å². The maximum absolute atomic E-state index is 12.0. The number of hydrogen-bond acceptors (Lipinski definition) is 3. The molecular formula is C17H24N6O. The van der Waals surface area contributed by atoms with E-state index in [1.807, 2.05) is 38.1 Å². The van der Waals surface area contributed by atoms with Crippen molar-refractivity contribution >= 4 is 17.6 Å². The molecule has 2 rings (SSSR count). The number of carbonyl (C=O) groups excluding carboxylic acids is 1. The molecule has 1 heterocycles. The predicted octanol–water partition coefficient (Wildman–Crippen LogP) is 1.60. The van der Waals surface area contributed by atoms with Crippen molar-refractivity contribution in [1.29, 1.82) is 0 Å². The molecule has 128 valence electrons. The van der Waals surface area contributed by atoms with Gasteiger partial charge in [0.2, 0.25) is 5.91 Å². The summed E-state index contributed by atoms with van der Waals surface area (Å²) in [5.74, 6) is 0.675. The minimum absolute atomic E-state index is 0.111. The molecule has 0 radical (unpaired) electrons. The van der Waals surface area contributed by atoms with Gasteiger partial charge in [-0.05, 0) is 37.6 Å². The molecular weight excluding hydrogens is 304 g/mol. The molecule has 2 aromatic rings. The first kappa shape index (κ1) is 17.5. The molecule has 0 saturated carbocycles. The van der Waals surface area contributed by atoms with Crippen molar-refractivity contribution in [2.24, 2.45) is 4.99 Å². The van der Waals surface area contributed by atoms with Gasteiger partial charge in [-0.15, -0.1) is 0 Å². The Balaban J connectivity index is 1.95. The number of anilines is 1. The van der Waals surface area contributed by atoms with Crippen molar-refractivity contribution in [3.8, 4) is 0 Å². The van der Waals surface area contributed by atoms with Crippen molar-refractivity contribution in [1.82, 2.24) is 20.4 Å². The van der Waals surface area contributed by atoms with Gasteiger partial charge in [-0.25, -0.2) is 4.99 Å². The largest absolute Gasteiger partial charge is 0.357 e. The van der Waals surface area contributed by atoms with Crippen molar-refractivity contribution in [3.05, 3.63) is 48.3 Å². The van der Waals surface area contributed by atoms with Crippen molar-refractivity contribution in [2.75, 3.05) is 18.4 Å². The average molecular weight is 328 g/mol. The fourth-order valence-corrected chi connectivity index (χ4v) is 2.17. The molecule has 0 aliphatic rings. The van der Waals surface area contributed by atoms with Crippen LogP contribution < -0.4 is 16.0 Å². The number of aromatic nitrogens is 2. The van der Waals surface area contributed by atoms with Gasteiger partial charge in [0, 0.05) is 31.2 Å². The number of hydrogen-bond donors (Lipinski definition) is 3. The van der Waals surface area contributed by atoms with E-state index in [4.69, 9.17) is 0 Å². The third-order valence-electron chi connectivity index (χ3n) is 3.18. The molecule has 1 aromatic carbocycles. The third kappa shape index (κ3) is 5.75. The summed E-state index contributed by atoms with van der Waals surface area (Å²) in [6.07, 6.45) is 3.41. The van der Waals surface area contributed by atoms with Crippen LogP contribution in [0.4, 0.5) is 5.69 Å². The van der Waals surface area contributed by atoms with Crippen LogP contribution in [0.5, 0.6) is 0 Å². The molecule has 0 fully saturated rings. The molecule has 0 spiro atoms. The molecule has 0 saturated heterocycles. The summed E-state index contributed by atoms with van der Waals surface area (Å²) in [5, 5.41) is 13.3. The van der Waals surface area contributed by atoms with E-state index in [0.717, 1.165) is 30.3 Å². The zero-order valence-corrected chi connectivity index (χ0v) is 14.1. The van der Waals surface area contributed by atoms with E-state index in [0.29, 0.717) is 6.54 Å². The van der Waals surface area contributed by atoms with Crippen LogP contribution in [0.25, 0.3) is 0 Å². The number of rotatable bonds is 7. The molecule has 3 N–H and O–H groups in total. The highest BCUT2D eigenvalue weighted by Gasteiger charge is 2.04. The SMILES string of the molecule is CCNC(=NCc1cccc(NC(=O)Cn2cccn2)c1)NCC. The maximum Gasteiger partial charge on any atom is 0.246 e. The summed E-state index contributed by atoms with van der Waals surface area (Å²) in [7, 11) is 0. The van der Waals surface area contributed by atoms with Crippen molar-refractivity contribution < 1.29 is 4.79 Å². The van der Waals surface area contributed by atoms with E-state index in [2.05, 4.69) is 26.0 Å². The van der Waals surface area contributed by atoms with E-state index in [-0.39, 0.29) is 12.5 Å². The first-order chi connectivity index (χ1) is 11.7. The Kier molecular flexibility index (Phi) is 6.82. The number of amides is 1. The average Bonchev–Trinajstić information content (AvgIpc) is 3.06. The van der Waals surface area contributed by atoms with Gasteiger partial charge in [0.1, 0.15) is 6.54 Å². The molecule has 1 aromatic heterocycles. The summed E-state index contributed by atoms with van der Waals surface area (Å²) < 4.78 is 1.59. The Morgan fingerprint density at radius 3 is 2.67 bits per heavy atom. The highest BCUT2D eigenvalue weighted by Crippen LogP contribution is 2.11. The normalized spacial score (nSPS) is 10.1. The smallest absolute Gasteiger partial charge is 0.246 e. The number of guanidine groups is 1. The zero-order valence-electron chi connectivity index (χ0n) is 14.1. The molecule has 7 nitrogen and oxygen atoms in total. The molecule has 0 atom stereocenters. The van der Waals surface area contributed by atoms with Gasteiger partial charge in [0.05, 0.1) is 6.54 Å². The highest BCUT2D eigenvalue weighted by atomic mass is 16.2. The van der Waals surface area contributed by atoms with Crippen molar-refractivity contribution in [3.63, 3.8) is 0 Å². The van der Waals surface area contributed by atoms with Crippen LogP contribution in [0.2, 0.25) is 0 Å². The Hall–Kier alpha value is -2.83. The quantitative estimate of drug-likeness (QED) is 0.532. The molecule has 1 amide bonds.